The average molecular weight is 278 g/mol. The number of hydrogen-bond acceptors (Lipinski definition) is 5. The molecule has 8 heteroatoms. The maximum absolute atomic E-state index is 11.4. The number of carbonyl (C=O) groups excluding carboxylic acids is 1. The zero-order valence-corrected chi connectivity index (χ0v) is 11.6. The molecule has 0 aromatic rings. The fourth-order valence-electron chi connectivity index (χ4n) is 0.619. The van der Waals surface area contributed by atoms with E-state index in [9.17, 15) is 4.79 Å². The lowest BCUT2D eigenvalue weighted by molar-refractivity contribution is -0.159. The third-order valence-electron chi connectivity index (χ3n) is 1.90. The molecule has 0 saturated heterocycles. The Morgan fingerprint density at radius 2 is 1.42 bits per heavy atom. The first-order valence-electron chi connectivity index (χ1n) is 5.48. The first-order chi connectivity index (χ1) is 8.33. The molecule has 0 aromatic carbocycles. The fourth-order valence-corrected chi connectivity index (χ4v) is 0.619. The molecule has 0 heterocycles. The molecule has 0 aliphatic heterocycles. The first-order valence-corrected chi connectivity index (χ1v) is 5.48. The molecule has 0 aromatic heterocycles. The van der Waals surface area contributed by atoms with Crippen molar-refractivity contribution in [2.75, 3.05) is 13.2 Å². The number of nitrogens with one attached hydrogen (secondary N) is 1. The Kier molecular flexibility index (Phi) is 7.97. The van der Waals surface area contributed by atoms with Gasteiger partial charge in [-0.2, -0.15) is 0 Å². The van der Waals surface area contributed by atoms with Crippen molar-refractivity contribution < 1.29 is 29.7 Å². The smallest absolute Gasteiger partial charge is 0.414 e. The van der Waals surface area contributed by atoms with Gasteiger partial charge in [-0.3, -0.25) is 4.79 Å². The number of carboxylic acids is 2. The molecule has 1 amide bonds. The molecule has 0 aliphatic carbocycles. The summed E-state index contributed by atoms with van der Waals surface area (Å²) in [5.74, 6) is -3.82. The van der Waals surface area contributed by atoms with E-state index in [0.29, 0.717) is 6.54 Å². The lowest BCUT2D eigenvalue weighted by atomic mass is 9.93. The van der Waals surface area contributed by atoms with Crippen LogP contribution in [-0.2, 0) is 14.4 Å². The zero-order valence-electron chi connectivity index (χ0n) is 11.6. The van der Waals surface area contributed by atoms with Crippen LogP contribution in [0.5, 0.6) is 0 Å². The van der Waals surface area contributed by atoms with Crippen LogP contribution in [0.25, 0.3) is 0 Å². The molecule has 0 atom stereocenters. The maximum Gasteiger partial charge on any atom is 0.414 e. The van der Waals surface area contributed by atoms with Gasteiger partial charge in [0, 0.05) is 12.1 Å². The summed E-state index contributed by atoms with van der Waals surface area (Å²) in [6.45, 7) is 7.29. The second-order valence-electron chi connectivity index (χ2n) is 5.32. The molecule has 0 spiro atoms. The van der Waals surface area contributed by atoms with E-state index in [0.717, 1.165) is 0 Å². The second kappa shape index (κ2) is 7.70. The molecule has 19 heavy (non-hydrogen) atoms. The number of hydrogen-bond donors (Lipinski definition) is 5. The van der Waals surface area contributed by atoms with E-state index < -0.39 is 22.9 Å². The highest BCUT2D eigenvalue weighted by molar-refractivity contribution is 6.27. The molecular formula is C11H22N2O6. The van der Waals surface area contributed by atoms with Crippen molar-refractivity contribution in [1.82, 2.24) is 5.32 Å². The number of carboxylic acid groups (broad SMARTS) is 2. The van der Waals surface area contributed by atoms with E-state index in [1.165, 1.54) is 0 Å². The van der Waals surface area contributed by atoms with Gasteiger partial charge in [0.05, 0.1) is 12.0 Å². The van der Waals surface area contributed by atoms with Gasteiger partial charge in [0.15, 0.2) is 0 Å². The van der Waals surface area contributed by atoms with Gasteiger partial charge < -0.3 is 26.4 Å². The minimum absolute atomic E-state index is 0.163. The third kappa shape index (κ3) is 11.2. The molecule has 8 nitrogen and oxygen atoms in total. The first kappa shape index (κ1) is 19.7. The quantitative estimate of drug-likeness (QED) is 0.414. The molecule has 112 valence electrons. The lowest BCUT2D eigenvalue weighted by Gasteiger charge is -2.24. The summed E-state index contributed by atoms with van der Waals surface area (Å²) in [5.41, 5.74) is 4.54. The predicted octanol–water partition coefficient (Wildman–Crippen LogP) is -0.986. The molecule has 6 N–H and O–H groups in total. The van der Waals surface area contributed by atoms with Crippen LogP contribution in [0.4, 0.5) is 0 Å². The van der Waals surface area contributed by atoms with Crippen LogP contribution < -0.4 is 11.1 Å². The second-order valence-corrected chi connectivity index (χ2v) is 5.32. The standard InChI is InChI=1S/C9H20N2O2.C2H2O4/c1-8(2,6-12)7(13)11-5-9(3,4)10;3-1(4)2(5)6/h12H,5-6,10H2,1-4H3,(H,11,13);(H,3,4)(H,5,6). The predicted molar refractivity (Wildman–Crippen MR) is 67.4 cm³/mol. The highest BCUT2D eigenvalue weighted by Gasteiger charge is 2.27. The Morgan fingerprint density at radius 1 is 1.05 bits per heavy atom. The summed E-state index contributed by atoms with van der Waals surface area (Å²) in [7, 11) is 0. The monoisotopic (exact) mass is 278 g/mol. The number of rotatable bonds is 4. The highest BCUT2D eigenvalue weighted by atomic mass is 16.4. The van der Waals surface area contributed by atoms with E-state index in [1.807, 2.05) is 13.8 Å². The number of aliphatic hydroxyl groups excluding tert-OH is 1. The van der Waals surface area contributed by atoms with Crippen LogP contribution in [0, 0.1) is 5.41 Å². The molecule has 0 unspecified atom stereocenters. The van der Waals surface area contributed by atoms with Crippen molar-refractivity contribution in [1.29, 1.82) is 0 Å². The molecular weight excluding hydrogens is 256 g/mol. The number of carbonyl (C=O) groups is 3. The van der Waals surface area contributed by atoms with Crippen LogP contribution in [0.3, 0.4) is 0 Å². The zero-order chi connectivity index (χ0) is 15.9. The Balaban J connectivity index is 0. The van der Waals surface area contributed by atoms with Crippen molar-refractivity contribution in [3.05, 3.63) is 0 Å². The normalized spacial score (nSPS) is 11.1. The van der Waals surface area contributed by atoms with Gasteiger partial charge >= 0.3 is 11.9 Å². The Labute approximate surface area is 111 Å². The fraction of sp³-hybridized carbons (Fsp3) is 0.727. The number of aliphatic hydroxyl groups is 1. The topological polar surface area (TPSA) is 150 Å². The van der Waals surface area contributed by atoms with Crippen molar-refractivity contribution in [2.24, 2.45) is 11.1 Å². The van der Waals surface area contributed by atoms with Gasteiger partial charge in [-0.05, 0) is 27.7 Å². The Hall–Kier alpha value is -1.67. The summed E-state index contributed by atoms with van der Waals surface area (Å²) in [6.07, 6.45) is 0. The Bertz CT molecular complexity index is 321. The van der Waals surface area contributed by atoms with Crippen LogP contribution in [0.15, 0.2) is 0 Å². The molecule has 0 aliphatic rings. The van der Waals surface area contributed by atoms with E-state index in [1.54, 1.807) is 13.8 Å². The van der Waals surface area contributed by atoms with E-state index in [4.69, 9.17) is 30.6 Å². The summed E-state index contributed by atoms with van der Waals surface area (Å²) in [4.78, 5) is 29.6. The maximum atomic E-state index is 11.4. The highest BCUT2D eigenvalue weighted by Crippen LogP contribution is 2.13. The summed E-state index contributed by atoms with van der Waals surface area (Å²) in [5, 5.41) is 26.4. The van der Waals surface area contributed by atoms with Gasteiger partial charge in [-0.1, -0.05) is 0 Å². The van der Waals surface area contributed by atoms with Gasteiger partial charge in [0.2, 0.25) is 5.91 Å². The van der Waals surface area contributed by atoms with Gasteiger partial charge in [0.1, 0.15) is 0 Å². The Morgan fingerprint density at radius 3 is 1.63 bits per heavy atom. The van der Waals surface area contributed by atoms with E-state index in [2.05, 4.69) is 5.32 Å². The molecule has 0 fully saturated rings. The lowest BCUT2D eigenvalue weighted by Crippen LogP contribution is -2.49. The molecule has 0 saturated carbocycles. The minimum Gasteiger partial charge on any atom is -0.473 e. The minimum atomic E-state index is -1.82. The summed E-state index contributed by atoms with van der Waals surface area (Å²) >= 11 is 0. The van der Waals surface area contributed by atoms with Crippen LogP contribution in [0.1, 0.15) is 27.7 Å². The SMILES string of the molecule is CC(C)(N)CNC(=O)C(C)(C)CO.O=C(O)C(=O)O. The van der Waals surface area contributed by atoms with Crippen molar-refractivity contribution in [3.63, 3.8) is 0 Å². The summed E-state index contributed by atoms with van der Waals surface area (Å²) < 4.78 is 0. The van der Waals surface area contributed by atoms with Crippen LogP contribution >= 0.6 is 0 Å². The van der Waals surface area contributed by atoms with Crippen LogP contribution in [0.2, 0.25) is 0 Å². The summed E-state index contributed by atoms with van der Waals surface area (Å²) in [6, 6.07) is 0. The van der Waals surface area contributed by atoms with E-state index in [-0.39, 0.29) is 12.5 Å². The number of amides is 1. The largest absolute Gasteiger partial charge is 0.473 e. The molecule has 0 radical (unpaired) electrons. The van der Waals surface area contributed by atoms with Gasteiger partial charge in [-0.25, -0.2) is 9.59 Å². The van der Waals surface area contributed by atoms with Crippen molar-refractivity contribution >= 4 is 17.8 Å². The van der Waals surface area contributed by atoms with Gasteiger partial charge in [-0.15, -0.1) is 0 Å². The van der Waals surface area contributed by atoms with Crippen molar-refractivity contribution in [2.45, 2.75) is 33.2 Å². The average Bonchev–Trinajstić information content (AvgIpc) is 2.25. The molecule has 0 rings (SSSR count). The van der Waals surface area contributed by atoms with Crippen molar-refractivity contribution in [3.8, 4) is 0 Å². The van der Waals surface area contributed by atoms with Crippen LogP contribution in [-0.4, -0.2) is 51.9 Å². The number of aliphatic carboxylic acids is 2. The number of nitrogens with two attached hydrogens (primary N) is 1. The van der Waals surface area contributed by atoms with E-state index >= 15 is 0 Å². The third-order valence-corrected chi connectivity index (χ3v) is 1.90. The van der Waals surface area contributed by atoms with Gasteiger partial charge in [0.25, 0.3) is 0 Å². The molecule has 0 bridgehead atoms.